The lowest BCUT2D eigenvalue weighted by Gasteiger charge is -2.22. The molecule has 2 nitrogen and oxygen atoms in total. The monoisotopic (exact) mass is 338 g/mol. The molecular weight excluding hydrogens is 323 g/mol. The number of para-hydroxylation sites is 1. The van der Waals surface area contributed by atoms with E-state index in [4.69, 9.17) is 4.74 Å². The second-order valence-corrected chi connectivity index (χ2v) is 5.62. The first-order valence-corrected chi connectivity index (χ1v) is 7.13. The molecule has 4 heteroatoms. The van der Waals surface area contributed by atoms with Crippen molar-refractivity contribution in [1.29, 1.82) is 0 Å². The summed E-state index contributed by atoms with van der Waals surface area (Å²) >= 11 is 3.41. The minimum absolute atomic E-state index is 0.0808. The average molecular weight is 339 g/mol. The summed E-state index contributed by atoms with van der Waals surface area (Å²) in [6.45, 7) is 1.05. The molecule has 1 atom stereocenters. The van der Waals surface area contributed by atoms with E-state index < -0.39 is 12.3 Å². The zero-order chi connectivity index (χ0) is 14.6. The molecule has 0 amide bonds. The summed E-state index contributed by atoms with van der Waals surface area (Å²) in [5, 5.41) is 10.1. The van der Waals surface area contributed by atoms with E-state index >= 15 is 0 Å². The number of hydrogen-bond donors (Lipinski definition) is 1. The number of rotatable bonds is 5. The summed E-state index contributed by atoms with van der Waals surface area (Å²) in [6, 6.07) is 14.6. The van der Waals surface area contributed by atoms with Gasteiger partial charge in [-0.05, 0) is 52.7 Å². The second-order valence-electron chi connectivity index (χ2n) is 4.77. The molecule has 0 saturated carbocycles. The molecule has 0 aliphatic rings. The van der Waals surface area contributed by atoms with Crippen LogP contribution in [0.5, 0.6) is 11.5 Å². The highest BCUT2D eigenvalue weighted by Crippen LogP contribution is 2.31. The topological polar surface area (TPSA) is 29.5 Å². The molecule has 20 heavy (non-hydrogen) atoms. The van der Waals surface area contributed by atoms with Gasteiger partial charge in [0, 0.05) is 6.42 Å². The van der Waals surface area contributed by atoms with Gasteiger partial charge in [-0.1, -0.05) is 24.3 Å². The fraction of sp³-hybridized carbons (Fsp3) is 0.250. The Labute approximate surface area is 126 Å². The molecule has 0 aliphatic heterocycles. The van der Waals surface area contributed by atoms with Gasteiger partial charge >= 0.3 is 0 Å². The maximum absolute atomic E-state index is 12.4. The van der Waals surface area contributed by atoms with E-state index in [0.717, 1.165) is 10.2 Å². The quantitative estimate of drug-likeness (QED) is 0.847. The maximum atomic E-state index is 12.4. The highest BCUT2D eigenvalue weighted by molar-refractivity contribution is 9.10. The fourth-order valence-electron chi connectivity index (χ4n) is 1.86. The maximum Gasteiger partial charge on any atom is 0.141 e. The van der Waals surface area contributed by atoms with Crippen LogP contribution in [0.15, 0.2) is 53.0 Å². The van der Waals surface area contributed by atoms with Crippen molar-refractivity contribution in [3.8, 4) is 11.5 Å². The molecule has 2 aromatic carbocycles. The van der Waals surface area contributed by atoms with Crippen molar-refractivity contribution in [1.82, 2.24) is 0 Å². The predicted octanol–water partition coefficient (Wildman–Crippen LogP) is 4.81. The smallest absolute Gasteiger partial charge is 0.141 e. The summed E-state index contributed by atoms with van der Waals surface area (Å²) in [7, 11) is 0. The van der Waals surface area contributed by atoms with Gasteiger partial charge in [-0.15, -0.1) is 0 Å². The van der Waals surface area contributed by atoms with Crippen LogP contribution in [0.1, 0.15) is 18.9 Å². The largest absolute Gasteiger partial charge is 0.456 e. The van der Waals surface area contributed by atoms with Crippen LogP contribution < -0.4 is 4.74 Å². The van der Waals surface area contributed by atoms with E-state index in [2.05, 4.69) is 15.9 Å². The van der Waals surface area contributed by atoms with Crippen molar-refractivity contribution in [3.05, 3.63) is 58.6 Å². The Kier molecular flexibility index (Phi) is 4.78. The normalized spacial score (nSPS) is 13.8. The van der Waals surface area contributed by atoms with Gasteiger partial charge in [-0.2, -0.15) is 0 Å². The van der Waals surface area contributed by atoms with E-state index in [9.17, 15) is 9.50 Å². The zero-order valence-electron chi connectivity index (χ0n) is 11.1. The van der Waals surface area contributed by atoms with Crippen molar-refractivity contribution in [2.75, 3.05) is 6.67 Å². The Morgan fingerprint density at radius 2 is 1.80 bits per heavy atom. The van der Waals surface area contributed by atoms with E-state index in [1.807, 2.05) is 24.3 Å². The van der Waals surface area contributed by atoms with Gasteiger partial charge in [0.05, 0.1) is 16.7 Å². The van der Waals surface area contributed by atoms with Crippen molar-refractivity contribution in [2.24, 2.45) is 0 Å². The van der Waals surface area contributed by atoms with Crippen molar-refractivity contribution in [2.45, 2.75) is 18.9 Å². The van der Waals surface area contributed by atoms with E-state index in [-0.39, 0.29) is 6.42 Å². The Bertz CT molecular complexity index is 567. The number of aliphatic hydroxyl groups is 1. The van der Waals surface area contributed by atoms with Crippen LogP contribution in [-0.2, 0) is 5.60 Å². The zero-order valence-corrected chi connectivity index (χ0v) is 12.7. The van der Waals surface area contributed by atoms with Gasteiger partial charge in [-0.25, -0.2) is 0 Å². The van der Waals surface area contributed by atoms with Crippen LogP contribution >= 0.6 is 15.9 Å². The van der Waals surface area contributed by atoms with Crippen molar-refractivity contribution < 1.29 is 14.2 Å². The van der Waals surface area contributed by atoms with Crippen LogP contribution in [-0.4, -0.2) is 11.8 Å². The minimum Gasteiger partial charge on any atom is -0.456 e. The number of hydrogen-bond acceptors (Lipinski definition) is 2. The summed E-state index contributed by atoms with van der Waals surface area (Å²) < 4.78 is 19.0. The lowest BCUT2D eigenvalue weighted by Crippen LogP contribution is -2.21. The van der Waals surface area contributed by atoms with Crippen molar-refractivity contribution >= 4 is 15.9 Å². The molecule has 0 aliphatic carbocycles. The molecule has 1 unspecified atom stereocenters. The third kappa shape index (κ3) is 3.58. The minimum atomic E-state index is -1.15. The Morgan fingerprint density at radius 1 is 1.15 bits per heavy atom. The molecule has 1 N–H and O–H groups in total. The molecule has 0 spiro atoms. The lowest BCUT2D eigenvalue weighted by atomic mass is 9.93. The Morgan fingerprint density at radius 3 is 2.40 bits per heavy atom. The molecule has 0 fully saturated rings. The first-order valence-electron chi connectivity index (χ1n) is 6.34. The molecular formula is C16H16BrFO2. The summed E-state index contributed by atoms with van der Waals surface area (Å²) in [5.41, 5.74) is -0.477. The highest BCUT2D eigenvalue weighted by Gasteiger charge is 2.22. The van der Waals surface area contributed by atoms with Crippen LogP contribution in [0.4, 0.5) is 4.39 Å². The highest BCUT2D eigenvalue weighted by atomic mass is 79.9. The fourth-order valence-corrected chi connectivity index (χ4v) is 2.23. The van der Waals surface area contributed by atoms with E-state index in [1.165, 1.54) is 0 Å². The number of halogens is 2. The van der Waals surface area contributed by atoms with Gasteiger partial charge in [0.15, 0.2) is 0 Å². The molecule has 0 heterocycles. The summed E-state index contributed by atoms with van der Waals surface area (Å²) in [5.74, 6) is 1.38. The van der Waals surface area contributed by atoms with Gasteiger partial charge in [0.1, 0.15) is 11.5 Å². The van der Waals surface area contributed by atoms with E-state index in [1.54, 1.807) is 31.2 Å². The lowest BCUT2D eigenvalue weighted by molar-refractivity contribution is 0.0408. The third-order valence-electron chi connectivity index (χ3n) is 3.12. The molecule has 0 radical (unpaired) electrons. The number of alkyl halides is 1. The average Bonchev–Trinajstić information content (AvgIpc) is 2.42. The van der Waals surface area contributed by atoms with E-state index in [0.29, 0.717) is 11.3 Å². The molecule has 0 saturated heterocycles. The third-order valence-corrected chi connectivity index (χ3v) is 3.78. The Balaban J connectivity index is 2.15. The van der Waals surface area contributed by atoms with Crippen LogP contribution in [0.3, 0.4) is 0 Å². The van der Waals surface area contributed by atoms with Crippen molar-refractivity contribution in [3.63, 3.8) is 0 Å². The number of benzene rings is 2. The van der Waals surface area contributed by atoms with Gasteiger partial charge in [-0.3, -0.25) is 4.39 Å². The second kappa shape index (κ2) is 6.37. The number of ether oxygens (including phenoxy) is 1. The summed E-state index contributed by atoms with van der Waals surface area (Å²) in [4.78, 5) is 0. The first-order chi connectivity index (χ1) is 9.53. The van der Waals surface area contributed by atoms with Crippen LogP contribution in [0, 0.1) is 0 Å². The standard InChI is InChI=1S/C16H16BrFO2/c1-16(19,10-11-18)12-6-8-13(9-7-12)20-15-5-3-2-4-14(15)17/h2-9,19H,10-11H2,1H3. The molecule has 106 valence electrons. The molecule has 2 rings (SSSR count). The van der Waals surface area contributed by atoms with Gasteiger partial charge in [0.2, 0.25) is 0 Å². The van der Waals surface area contributed by atoms with Gasteiger partial charge in [0.25, 0.3) is 0 Å². The molecule has 0 bridgehead atoms. The van der Waals surface area contributed by atoms with Crippen LogP contribution in [0.2, 0.25) is 0 Å². The van der Waals surface area contributed by atoms with Gasteiger partial charge < -0.3 is 9.84 Å². The molecule has 0 aromatic heterocycles. The van der Waals surface area contributed by atoms with Crippen LogP contribution in [0.25, 0.3) is 0 Å². The molecule has 2 aromatic rings. The SMILES string of the molecule is CC(O)(CCF)c1ccc(Oc2ccccc2Br)cc1. The summed E-state index contributed by atoms with van der Waals surface area (Å²) in [6.07, 6.45) is 0.0808. The Hall–Kier alpha value is -1.39. The predicted molar refractivity (Wildman–Crippen MR) is 80.8 cm³/mol. The first kappa shape index (κ1) is 15.0.